The third-order valence-electron chi connectivity index (χ3n) is 5.17. The van der Waals surface area contributed by atoms with Gasteiger partial charge in [-0.05, 0) is 73.9 Å². The van der Waals surface area contributed by atoms with Crippen LogP contribution in [0.15, 0.2) is 36.4 Å². The Labute approximate surface area is 186 Å². The van der Waals surface area contributed by atoms with E-state index in [1.54, 1.807) is 7.11 Å². The molecule has 0 N–H and O–H groups in total. The van der Waals surface area contributed by atoms with Gasteiger partial charge in [-0.25, -0.2) is 0 Å². The zero-order valence-corrected chi connectivity index (χ0v) is 19.4. The second-order valence-corrected chi connectivity index (χ2v) is 7.49. The molecule has 0 fully saturated rings. The van der Waals surface area contributed by atoms with Crippen molar-refractivity contribution in [1.29, 1.82) is 0 Å². The highest BCUT2D eigenvalue weighted by Gasteiger charge is 2.09. The molecule has 2 aromatic rings. The highest BCUT2D eigenvalue weighted by atomic mass is 16.5. The van der Waals surface area contributed by atoms with Gasteiger partial charge in [-0.15, -0.1) is 0 Å². The molecule has 0 saturated carbocycles. The van der Waals surface area contributed by atoms with E-state index in [4.69, 9.17) is 18.9 Å². The summed E-state index contributed by atoms with van der Waals surface area (Å²) in [7, 11) is 3.09. The molecule has 0 aliphatic carbocycles. The quantitative estimate of drug-likeness (QED) is 0.291. The van der Waals surface area contributed by atoms with Crippen LogP contribution in [0.25, 0.3) is 0 Å². The van der Waals surface area contributed by atoms with E-state index in [2.05, 4.69) is 37.3 Å². The van der Waals surface area contributed by atoms with Crippen LogP contribution < -0.4 is 14.2 Å². The van der Waals surface area contributed by atoms with Crippen molar-refractivity contribution in [3.63, 3.8) is 0 Å². The summed E-state index contributed by atoms with van der Waals surface area (Å²) in [5.74, 6) is 2.30. The van der Waals surface area contributed by atoms with Crippen LogP contribution in [0.4, 0.5) is 0 Å². The van der Waals surface area contributed by atoms with Gasteiger partial charge in [-0.1, -0.05) is 31.5 Å². The van der Waals surface area contributed by atoms with Crippen molar-refractivity contribution in [3.8, 4) is 17.2 Å². The van der Waals surface area contributed by atoms with Crippen molar-refractivity contribution >= 4 is 5.97 Å². The average molecular weight is 429 g/mol. The lowest BCUT2D eigenvalue weighted by Gasteiger charge is -2.14. The van der Waals surface area contributed by atoms with Crippen LogP contribution in [0, 0.1) is 0 Å². The Kier molecular flexibility index (Phi) is 10.8. The van der Waals surface area contributed by atoms with Crippen molar-refractivity contribution in [2.75, 3.05) is 27.4 Å². The van der Waals surface area contributed by atoms with E-state index in [9.17, 15) is 4.79 Å². The molecular weight excluding hydrogens is 392 g/mol. The number of carbonyl (C=O) groups excluding carboxylic acids is 1. The van der Waals surface area contributed by atoms with Gasteiger partial charge in [0.1, 0.15) is 5.75 Å². The first-order valence-electron chi connectivity index (χ1n) is 11.2. The molecule has 5 heteroatoms. The van der Waals surface area contributed by atoms with Gasteiger partial charge in [-0.2, -0.15) is 0 Å². The molecule has 170 valence electrons. The standard InChI is InChI=1S/C26H36O5/c1-5-7-17-31-24-18-21(13-16-26(27)29-4)11-14-22(24)10-8-9-20-12-15-23(30-6-2)25(19-20)28-3/h11-12,14-15,18-19H,5-10,13,16-17H2,1-4H3. The fraction of sp³-hybridized carbons (Fsp3) is 0.500. The Morgan fingerprint density at radius 1 is 0.806 bits per heavy atom. The van der Waals surface area contributed by atoms with Crippen molar-refractivity contribution in [2.45, 2.75) is 58.8 Å². The predicted molar refractivity (Wildman–Crippen MR) is 123 cm³/mol. The monoisotopic (exact) mass is 428 g/mol. The first-order chi connectivity index (χ1) is 15.1. The number of hydrogen-bond acceptors (Lipinski definition) is 5. The number of esters is 1. The zero-order chi connectivity index (χ0) is 22.5. The molecule has 0 aliphatic rings. The Morgan fingerprint density at radius 3 is 2.26 bits per heavy atom. The zero-order valence-electron chi connectivity index (χ0n) is 19.4. The molecule has 0 aliphatic heterocycles. The fourth-order valence-corrected chi connectivity index (χ4v) is 3.40. The smallest absolute Gasteiger partial charge is 0.305 e. The molecular formula is C26H36O5. The molecule has 0 spiro atoms. The van der Waals surface area contributed by atoms with Gasteiger partial charge in [0.15, 0.2) is 11.5 Å². The van der Waals surface area contributed by atoms with Crippen molar-refractivity contribution < 1.29 is 23.7 Å². The molecule has 2 aromatic carbocycles. The molecule has 5 nitrogen and oxygen atoms in total. The lowest BCUT2D eigenvalue weighted by molar-refractivity contribution is -0.140. The minimum Gasteiger partial charge on any atom is -0.493 e. The number of ether oxygens (including phenoxy) is 4. The van der Waals surface area contributed by atoms with Crippen LogP contribution >= 0.6 is 0 Å². The van der Waals surface area contributed by atoms with Crippen LogP contribution in [-0.2, 0) is 28.8 Å². The van der Waals surface area contributed by atoms with Crippen LogP contribution in [0.3, 0.4) is 0 Å². The average Bonchev–Trinajstić information content (AvgIpc) is 2.79. The summed E-state index contributed by atoms with van der Waals surface area (Å²) in [5, 5.41) is 0. The highest BCUT2D eigenvalue weighted by Crippen LogP contribution is 2.29. The van der Waals surface area contributed by atoms with Gasteiger partial charge in [-0.3, -0.25) is 4.79 Å². The lowest BCUT2D eigenvalue weighted by atomic mass is 10.0. The summed E-state index contributed by atoms with van der Waals surface area (Å²) in [6.07, 6.45) is 6.03. The van der Waals surface area contributed by atoms with Gasteiger partial charge in [0.25, 0.3) is 0 Å². The maximum absolute atomic E-state index is 11.5. The molecule has 0 saturated heterocycles. The number of benzene rings is 2. The number of hydrogen-bond donors (Lipinski definition) is 0. The Morgan fingerprint density at radius 2 is 1.55 bits per heavy atom. The maximum Gasteiger partial charge on any atom is 0.305 e. The summed E-state index contributed by atoms with van der Waals surface area (Å²) < 4.78 is 21.9. The van der Waals surface area contributed by atoms with Crippen molar-refractivity contribution in [1.82, 2.24) is 0 Å². The van der Waals surface area contributed by atoms with E-state index in [0.29, 0.717) is 26.1 Å². The summed E-state index contributed by atoms with van der Waals surface area (Å²) in [4.78, 5) is 11.5. The van der Waals surface area contributed by atoms with Crippen LogP contribution in [-0.4, -0.2) is 33.4 Å². The van der Waals surface area contributed by atoms with Gasteiger partial charge in [0.05, 0.1) is 27.4 Å². The van der Waals surface area contributed by atoms with Crippen LogP contribution in [0.2, 0.25) is 0 Å². The Bertz CT molecular complexity index is 815. The van der Waals surface area contributed by atoms with Gasteiger partial charge in [0.2, 0.25) is 0 Å². The maximum atomic E-state index is 11.5. The minimum absolute atomic E-state index is 0.191. The minimum atomic E-state index is -0.191. The fourth-order valence-electron chi connectivity index (χ4n) is 3.40. The number of methoxy groups -OCH3 is 2. The van der Waals surface area contributed by atoms with E-state index in [0.717, 1.165) is 54.9 Å². The van der Waals surface area contributed by atoms with Gasteiger partial charge < -0.3 is 18.9 Å². The van der Waals surface area contributed by atoms with Gasteiger partial charge >= 0.3 is 5.97 Å². The Hall–Kier alpha value is -2.69. The summed E-state index contributed by atoms with van der Waals surface area (Å²) in [5.41, 5.74) is 3.52. The highest BCUT2D eigenvalue weighted by molar-refractivity contribution is 5.69. The molecule has 0 atom stereocenters. The van der Waals surface area contributed by atoms with Gasteiger partial charge in [0, 0.05) is 6.42 Å². The molecule has 0 radical (unpaired) electrons. The third kappa shape index (κ3) is 8.16. The number of aryl methyl sites for hydroxylation is 3. The van der Waals surface area contributed by atoms with E-state index in [1.807, 2.05) is 13.0 Å². The van der Waals surface area contributed by atoms with Crippen LogP contribution in [0.1, 0.15) is 56.2 Å². The van der Waals surface area contributed by atoms with E-state index < -0.39 is 0 Å². The topological polar surface area (TPSA) is 54.0 Å². The molecule has 0 aromatic heterocycles. The summed E-state index contributed by atoms with van der Waals surface area (Å²) in [6, 6.07) is 12.4. The molecule has 2 rings (SSSR count). The molecule has 0 bridgehead atoms. The van der Waals surface area contributed by atoms with Crippen molar-refractivity contribution in [2.24, 2.45) is 0 Å². The van der Waals surface area contributed by atoms with Crippen molar-refractivity contribution in [3.05, 3.63) is 53.1 Å². The van der Waals surface area contributed by atoms with E-state index in [-0.39, 0.29) is 5.97 Å². The molecule has 0 heterocycles. The Balaban J connectivity index is 2.02. The normalized spacial score (nSPS) is 10.6. The summed E-state index contributed by atoms with van der Waals surface area (Å²) in [6.45, 7) is 5.45. The lowest BCUT2D eigenvalue weighted by Crippen LogP contribution is -2.04. The first-order valence-corrected chi connectivity index (χ1v) is 11.2. The third-order valence-corrected chi connectivity index (χ3v) is 5.17. The number of unbranched alkanes of at least 4 members (excludes halogenated alkanes) is 1. The first kappa shape index (κ1) is 24.6. The van der Waals surface area contributed by atoms with E-state index in [1.165, 1.54) is 18.2 Å². The largest absolute Gasteiger partial charge is 0.493 e. The summed E-state index contributed by atoms with van der Waals surface area (Å²) >= 11 is 0. The second-order valence-electron chi connectivity index (χ2n) is 7.49. The molecule has 0 amide bonds. The van der Waals surface area contributed by atoms with E-state index >= 15 is 0 Å². The second kappa shape index (κ2) is 13.6. The number of carbonyl (C=O) groups is 1. The number of rotatable bonds is 14. The molecule has 0 unspecified atom stereocenters. The predicted octanol–water partition coefficient (Wildman–Crippen LogP) is 5.55. The van der Waals surface area contributed by atoms with Crippen LogP contribution in [0.5, 0.6) is 17.2 Å². The molecule has 31 heavy (non-hydrogen) atoms. The SMILES string of the molecule is CCCCOc1cc(CCC(=O)OC)ccc1CCCc1ccc(OCC)c(OC)c1.